The van der Waals surface area contributed by atoms with E-state index in [1.807, 2.05) is 6.92 Å². The van der Waals surface area contributed by atoms with E-state index in [4.69, 9.17) is 9.84 Å². The van der Waals surface area contributed by atoms with Gasteiger partial charge in [-0.05, 0) is 43.5 Å². The third-order valence-electron chi connectivity index (χ3n) is 7.53. The number of benzene rings is 2. The molecule has 0 fully saturated rings. The van der Waals surface area contributed by atoms with Gasteiger partial charge in [-0.1, -0.05) is 87.4 Å². The molecule has 0 saturated carbocycles. The van der Waals surface area contributed by atoms with Gasteiger partial charge in [-0.25, -0.2) is 0 Å². The van der Waals surface area contributed by atoms with Gasteiger partial charge in [0.15, 0.2) is 23.1 Å². The van der Waals surface area contributed by atoms with Crippen molar-refractivity contribution in [2.75, 3.05) is 19.8 Å². The molecule has 0 radical (unpaired) electrons. The molecule has 2 aromatic carbocycles. The van der Waals surface area contributed by atoms with Crippen LogP contribution >= 0.6 is 0 Å². The molecule has 2 N–H and O–H groups in total. The van der Waals surface area contributed by atoms with Crippen LogP contribution in [0.25, 0.3) is 0 Å². The smallest absolute Gasteiger partial charge is 0.294 e. The summed E-state index contributed by atoms with van der Waals surface area (Å²) in [6.45, 7) is 19.0. The number of ketones is 4. The van der Waals surface area contributed by atoms with E-state index in [1.54, 1.807) is 86.6 Å². The zero-order chi connectivity index (χ0) is 35.7. The lowest BCUT2D eigenvalue weighted by Gasteiger charge is -2.30. The van der Waals surface area contributed by atoms with Gasteiger partial charge in [0.25, 0.3) is 10.1 Å². The Labute approximate surface area is 274 Å². The Morgan fingerprint density at radius 3 is 1.63 bits per heavy atom. The zero-order valence-electron chi connectivity index (χ0n) is 29.0. The van der Waals surface area contributed by atoms with Crippen LogP contribution in [0.3, 0.4) is 0 Å². The Kier molecular flexibility index (Phi) is 14.9. The van der Waals surface area contributed by atoms with Crippen molar-refractivity contribution in [1.29, 1.82) is 0 Å². The molecule has 0 saturated heterocycles. The maximum Gasteiger partial charge on any atom is 0.294 e. The topological polar surface area (TPSA) is 152 Å². The van der Waals surface area contributed by atoms with E-state index in [9.17, 15) is 32.1 Å². The minimum Gasteiger partial charge on any atom is -0.394 e. The molecule has 9 nitrogen and oxygen atoms in total. The van der Waals surface area contributed by atoms with Gasteiger partial charge < -0.3 is 9.84 Å². The first-order chi connectivity index (χ1) is 21.0. The summed E-state index contributed by atoms with van der Waals surface area (Å²) in [7, 11) is -4.67. The van der Waals surface area contributed by atoms with Crippen molar-refractivity contribution in [1.82, 2.24) is 0 Å². The summed E-state index contributed by atoms with van der Waals surface area (Å²) < 4.78 is 38.4. The number of hydrogen-bond donors (Lipinski definition) is 2. The summed E-state index contributed by atoms with van der Waals surface area (Å²) in [5.41, 5.74) is -1.82. The summed E-state index contributed by atoms with van der Waals surface area (Å²) in [6.07, 6.45) is 1.65. The first kappa shape index (κ1) is 41.0. The fourth-order valence-electron chi connectivity index (χ4n) is 4.53. The first-order valence-electron chi connectivity index (χ1n) is 15.6. The third-order valence-corrected chi connectivity index (χ3v) is 8.36. The van der Waals surface area contributed by atoms with Crippen LogP contribution in [0, 0.1) is 22.2 Å². The molecule has 0 bridgehead atoms. The maximum atomic E-state index is 13.6. The Hall–Kier alpha value is -3.05. The van der Waals surface area contributed by atoms with Gasteiger partial charge in [0.2, 0.25) is 0 Å². The van der Waals surface area contributed by atoms with Gasteiger partial charge in [0.05, 0.1) is 18.1 Å². The Balaban J connectivity index is 0.00000135. The van der Waals surface area contributed by atoms with Crippen molar-refractivity contribution < 1.29 is 42.0 Å². The maximum absolute atomic E-state index is 13.6. The Morgan fingerprint density at radius 2 is 1.20 bits per heavy atom. The number of carbonyl (C=O) groups is 4. The number of aliphatic hydroxyl groups is 1. The summed E-state index contributed by atoms with van der Waals surface area (Å²) in [5.74, 6) is -1.19. The summed E-state index contributed by atoms with van der Waals surface area (Å²) in [5, 5.41) is 8.17. The quantitative estimate of drug-likeness (QED) is 0.114. The van der Waals surface area contributed by atoms with Gasteiger partial charge in [0.1, 0.15) is 0 Å². The first-order valence-corrected chi connectivity index (χ1v) is 17.0. The largest absolute Gasteiger partial charge is 0.394 e. The van der Waals surface area contributed by atoms with Crippen molar-refractivity contribution in [2.24, 2.45) is 22.2 Å². The highest BCUT2D eigenvalue weighted by atomic mass is 32.2. The van der Waals surface area contributed by atoms with Crippen molar-refractivity contribution in [2.45, 2.75) is 93.4 Å². The van der Waals surface area contributed by atoms with E-state index in [0.29, 0.717) is 24.2 Å². The van der Waals surface area contributed by atoms with Gasteiger partial charge in [-0.15, -0.1) is 0 Å². The van der Waals surface area contributed by atoms with E-state index >= 15 is 0 Å². The second kappa shape index (κ2) is 16.7. The van der Waals surface area contributed by atoms with Crippen molar-refractivity contribution in [3.8, 4) is 0 Å². The molecule has 46 heavy (non-hydrogen) atoms. The van der Waals surface area contributed by atoms with Crippen LogP contribution < -0.4 is 0 Å². The van der Waals surface area contributed by atoms with Crippen LogP contribution in [0.2, 0.25) is 0 Å². The summed E-state index contributed by atoms with van der Waals surface area (Å²) in [6, 6.07) is 10.2. The fraction of sp³-hybridized carbons (Fsp3) is 0.556. The van der Waals surface area contributed by atoms with Gasteiger partial charge in [-0.3, -0.25) is 23.7 Å². The molecule has 256 valence electrons. The molecular weight excluding hydrogens is 608 g/mol. The molecule has 0 aromatic heterocycles. The lowest BCUT2D eigenvalue weighted by atomic mass is 9.72. The minimum absolute atomic E-state index is 0.00763. The lowest BCUT2D eigenvalue weighted by Crippen LogP contribution is -2.31. The van der Waals surface area contributed by atoms with Crippen molar-refractivity contribution in [3.63, 3.8) is 0 Å². The number of rotatable bonds is 15. The fourth-order valence-corrected chi connectivity index (χ4v) is 5.09. The SMILES string of the molecule is CC(C)C(=O)c1cccc(C(=O)C(C)(C)CCC(C)(C)C(=O)c2cc(C(=O)C(C)(C)C)cc(S(=O)(=O)O)c2)c1.CCCOCCO. The number of aliphatic hydroxyl groups excluding tert-OH is 1. The average molecular weight is 661 g/mol. The van der Waals surface area contributed by atoms with Crippen LogP contribution in [0.15, 0.2) is 47.4 Å². The molecule has 0 amide bonds. The molecule has 0 heterocycles. The highest BCUT2D eigenvalue weighted by Crippen LogP contribution is 2.36. The van der Waals surface area contributed by atoms with Gasteiger partial charge in [0, 0.05) is 51.0 Å². The van der Waals surface area contributed by atoms with E-state index in [1.165, 1.54) is 6.07 Å². The molecular formula is C36H52O9S. The molecule has 2 rings (SSSR count). The second-order valence-corrected chi connectivity index (χ2v) is 15.6. The van der Waals surface area contributed by atoms with E-state index in [2.05, 4.69) is 0 Å². The zero-order valence-corrected chi connectivity index (χ0v) is 29.8. The van der Waals surface area contributed by atoms with Crippen molar-refractivity contribution in [3.05, 3.63) is 64.7 Å². The average Bonchev–Trinajstić information content (AvgIpc) is 2.98. The molecule has 0 unspecified atom stereocenters. The highest BCUT2D eigenvalue weighted by Gasteiger charge is 2.36. The van der Waals surface area contributed by atoms with Crippen LogP contribution in [-0.2, 0) is 14.9 Å². The molecule has 0 spiro atoms. The normalized spacial score (nSPS) is 12.4. The Bertz CT molecular complexity index is 1490. The summed E-state index contributed by atoms with van der Waals surface area (Å²) in [4.78, 5) is 51.8. The molecule has 0 aliphatic heterocycles. The number of carbonyl (C=O) groups excluding carboxylic acids is 4. The predicted octanol–water partition coefficient (Wildman–Crippen LogP) is 7.30. The molecule has 0 atom stereocenters. The minimum atomic E-state index is -4.67. The monoisotopic (exact) mass is 660 g/mol. The predicted molar refractivity (Wildman–Crippen MR) is 179 cm³/mol. The number of ether oxygens (including phenoxy) is 1. The van der Waals surface area contributed by atoms with E-state index < -0.39 is 37.0 Å². The highest BCUT2D eigenvalue weighted by molar-refractivity contribution is 7.85. The van der Waals surface area contributed by atoms with Gasteiger partial charge in [-0.2, -0.15) is 8.42 Å². The molecule has 2 aromatic rings. The van der Waals surface area contributed by atoms with Gasteiger partial charge >= 0.3 is 0 Å². The van der Waals surface area contributed by atoms with E-state index in [-0.39, 0.29) is 47.4 Å². The number of hydrogen-bond acceptors (Lipinski definition) is 8. The van der Waals surface area contributed by atoms with Crippen LogP contribution in [0.1, 0.15) is 130 Å². The standard InChI is InChI=1S/C31H40O7S.C5H12O2/c1-19(2)25(32)20-11-10-12-21(15-20)27(34)30(6,7)13-14-31(8,9)28(35)23-16-22(26(33)29(3,4)5)17-24(18-23)39(36,37)38;1-2-4-7-5-3-6/h10-12,15-19H,13-14H2,1-9H3,(H,36,37,38);6H,2-5H2,1H3. The van der Waals surface area contributed by atoms with Crippen LogP contribution in [0.4, 0.5) is 0 Å². The second-order valence-electron chi connectivity index (χ2n) is 14.2. The van der Waals surface area contributed by atoms with Crippen molar-refractivity contribution >= 4 is 33.3 Å². The summed E-state index contributed by atoms with van der Waals surface area (Å²) >= 11 is 0. The van der Waals surface area contributed by atoms with Crippen LogP contribution in [0.5, 0.6) is 0 Å². The molecule has 0 aliphatic rings. The third kappa shape index (κ3) is 12.0. The Morgan fingerprint density at radius 1 is 0.739 bits per heavy atom. The van der Waals surface area contributed by atoms with Crippen LogP contribution in [-0.4, -0.2) is 61.0 Å². The molecule has 0 aliphatic carbocycles. The lowest BCUT2D eigenvalue weighted by molar-refractivity contribution is 0.0741. The van der Waals surface area contributed by atoms with E-state index in [0.717, 1.165) is 25.2 Å². The molecule has 10 heteroatoms. The number of Topliss-reactive ketones (excluding diaryl/α,β-unsaturated/α-hetero) is 4.